The van der Waals surface area contributed by atoms with Gasteiger partial charge in [0.15, 0.2) is 12.8 Å². The normalized spacial score (nSPS) is 21.0. The van der Waals surface area contributed by atoms with Crippen LogP contribution in [0, 0.1) is 6.92 Å². The molecule has 3 heterocycles. The van der Waals surface area contributed by atoms with Crippen molar-refractivity contribution in [1.29, 1.82) is 0 Å². The monoisotopic (exact) mass is 492 g/mol. The van der Waals surface area contributed by atoms with E-state index in [1.165, 1.54) is 11.3 Å². The third-order valence-electron chi connectivity index (χ3n) is 5.38. The summed E-state index contributed by atoms with van der Waals surface area (Å²) in [6.07, 6.45) is -2.45. The zero-order valence-corrected chi connectivity index (χ0v) is 19.6. The van der Waals surface area contributed by atoms with Crippen LogP contribution in [0.15, 0.2) is 28.2 Å². The second kappa shape index (κ2) is 9.58. The number of nitrogens with one attached hydrogen (secondary N) is 1. The summed E-state index contributed by atoms with van der Waals surface area (Å²) in [4.78, 5) is 34.7. The number of imide groups is 1. The molecule has 1 aromatic heterocycles. The van der Waals surface area contributed by atoms with Gasteiger partial charge in [-0.2, -0.15) is 0 Å². The molecule has 0 radical (unpaired) electrons. The summed E-state index contributed by atoms with van der Waals surface area (Å²) >= 11 is 7.67. The van der Waals surface area contributed by atoms with Gasteiger partial charge in [-0.05, 0) is 37.4 Å². The lowest BCUT2D eigenvalue weighted by Gasteiger charge is -2.21. The van der Waals surface area contributed by atoms with Crippen molar-refractivity contribution in [3.8, 4) is 5.75 Å². The number of amides is 2. The molecule has 11 heteroatoms. The van der Waals surface area contributed by atoms with Crippen LogP contribution in [-0.4, -0.2) is 68.3 Å². The first-order chi connectivity index (χ1) is 15.8. The van der Waals surface area contributed by atoms with Crippen molar-refractivity contribution in [3.05, 3.63) is 44.1 Å². The van der Waals surface area contributed by atoms with E-state index in [1.54, 1.807) is 25.2 Å². The summed E-state index contributed by atoms with van der Waals surface area (Å²) in [7, 11) is 1.62. The Labute approximate surface area is 199 Å². The lowest BCUT2D eigenvalue weighted by molar-refractivity contribution is -0.126. The van der Waals surface area contributed by atoms with Crippen molar-refractivity contribution in [2.75, 3.05) is 26.7 Å². The molecule has 33 heavy (non-hydrogen) atoms. The molecule has 0 bridgehead atoms. The first-order valence-electron chi connectivity index (χ1n) is 10.2. The van der Waals surface area contributed by atoms with E-state index in [-0.39, 0.29) is 19.7 Å². The Balaban J connectivity index is 1.73. The molecule has 2 aliphatic heterocycles. The molecule has 2 fully saturated rings. The molecule has 2 aliphatic rings. The zero-order chi connectivity index (χ0) is 23.7. The molecule has 2 amide bonds. The maximum Gasteiger partial charge on any atom is 0.417 e. The van der Waals surface area contributed by atoms with Crippen molar-refractivity contribution in [2.24, 2.45) is 9.98 Å². The van der Waals surface area contributed by atoms with Crippen LogP contribution in [0.2, 0.25) is 5.02 Å². The molecular weight excluding hydrogens is 471 g/mol. The van der Waals surface area contributed by atoms with Crippen LogP contribution < -0.4 is 10.1 Å². The summed E-state index contributed by atoms with van der Waals surface area (Å²) < 4.78 is 25.1. The van der Waals surface area contributed by atoms with Crippen LogP contribution in [0.1, 0.15) is 20.9 Å². The highest BCUT2D eigenvalue weighted by atomic mass is 35.5. The van der Waals surface area contributed by atoms with Gasteiger partial charge >= 0.3 is 6.09 Å². The fraction of sp³-hybridized carbons (Fsp3) is 0.364. The molecule has 0 aliphatic carbocycles. The van der Waals surface area contributed by atoms with Crippen LogP contribution in [0.25, 0.3) is 0 Å². The van der Waals surface area contributed by atoms with Gasteiger partial charge in [0, 0.05) is 35.6 Å². The van der Waals surface area contributed by atoms with Gasteiger partial charge in [0.05, 0.1) is 22.8 Å². The number of carbonyl (C=O) groups excluding carboxylic acids is 2. The van der Waals surface area contributed by atoms with E-state index in [4.69, 9.17) is 21.1 Å². The van der Waals surface area contributed by atoms with Gasteiger partial charge in [-0.3, -0.25) is 14.8 Å². The number of hydrogen-bond donors (Lipinski definition) is 1. The average molecular weight is 493 g/mol. The van der Waals surface area contributed by atoms with Gasteiger partial charge in [-0.15, -0.1) is 11.3 Å². The molecule has 0 saturated carbocycles. The van der Waals surface area contributed by atoms with Gasteiger partial charge in [-0.25, -0.2) is 14.1 Å². The quantitative estimate of drug-likeness (QED) is 0.595. The van der Waals surface area contributed by atoms with Crippen molar-refractivity contribution >= 4 is 53.1 Å². The largest absolute Gasteiger partial charge is 0.485 e. The van der Waals surface area contributed by atoms with E-state index in [2.05, 4.69) is 22.0 Å². The summed E-state index contributed by atoms with van der Waals surface area (Å²) in [5, 5.41) is 3.46. The highest BCUT2D eigenvalue weighted by Gasteiger charge is 2.33. The molecule has 2 atom stereocenters. The van der Waals surface area contributed by atoms with Gasteiger partial charge in [0.2, 0.25) is 0 Å². The van der Waals surface area contributed by atoms with Crippen molar-refractivity contribution < 1.29 is 23.5 Å². The van der Waals surface area contributed by atoms with E-state index < -0.39 is 24.3 Å². The Morgan fingerprint density at radius 1 is 1.39 bits per heavy atom. The van der Waals surface area contributed by atoms with Gasteiger partial charge in [-0.1, -0.05) is 11.6 Å². The standard InChI is InChI=1S/C22H22ClFN4O4S/c1-11-4-12(23)5-14(20(11)32-17-8-27-7-15(17)24)19(26-3)21-16(25-2)6-13(33-21)9-28-18(29)10-31-22(28)30/h4-6,15,17,27H,2,7-10H2,1,3H3/t15-,17+/m0/s1. The number of aliphatic imine (C=N–C) groups is 2. The van der Waals surface area contributed by atoms with Crippen molar-refractivity contribution in [1.82, 2.24) is 10.2 Å². The van der Waals surface area contributed by atoms with Crippen LogP contribution in [-0.2, 0) is 16.1 Å². The topological polar surface area (TPSA) is 92.6 Å². The third-order valence-corrected chi connectivity index (χ3v) is 6.71. The number of aryl methyl sites for hydroxylation is 1. The second-order valence-electron chi connectivity index (χ2n) is 7.62. The van der Waals surface area contributed by atoms with Gasteiger partial charge in [0.25, 0.3) is 5.91 Å². The maximum absolute atomic E-state index is 14.3. The number of nitrogens with zero attached hydrogens (tertiary/aromatic N) is 3. The zero-order valence-electron chi connectivity index (χ0n) is 18.1. The van der Waals surface area contributed by atoms with Crippen molar-refractivity contribution in [3.63, 3.8) is 0 Å². The number of benzene rings is 1. The molecule has 2 aromatic rings. The molecule has 0 unspecified atom stereocenters. The Morgan fingerprint density at radius 3 is 2.79 bits per heavy atom. The predicted molar refractivity (Wildman–Crippen MR) is 125 cm³/mol. The van der Waals surface area contributed by atoms with E-state index in [9.17, 15) is 14.0 Å². The Kier molecular flexibility index (Phi) is 6.78. The van der Waals surface area contributed by atoms with E-state index >= 15 is 0 Å². The third kappa shape index (κ3) is 4.64. The highest BCUT2D eigenvalue weighted by molar-refractivity contribution is 7.15. The number of halogens is 2. The second-order valence-corrected chi connectivity index (χ2v) is 9.19. The molecule has 0 spiro atoms. The Bertz CT molecular complexity index is 1140. The molecule has 8 nitrogen and oxygen atoms in total. The minimum atomic E-state index is -1.13. The molecule has 2 saturated heterocycles. The predicted octanol–water partition coefficient (Wildman–Crippen LogP) is 3.68. The number of carbonyl (C=O) groups is 2. The van der Waals surface area contributed by atoms with E-state index in [0.717, 1.165) is 10.5 Å². The van der Waals surface area contributed by atoms with Crippen molar-refractivity contribution in [2.45, 2.75) is 25.7 Å². The number of alkyl halides is 1. The average Bonchev–Trinajstić information content (AvgIpc) is 3.46. The smallest absolute Gasteiger partial charge is 0.417 e. The van der Waals surface area contributed by atoms with Crippen LogP contribution in [0.4, 0.5) is 14.9 Å². The molecule has 4 rings (SSSR count). The van der Waals surface area contributed by atoms with Gasteiger partial charge in [0.1, 0.15) is 11.9 Å². The van der Waals surface area contributed by atoms with Crippen LogP contribution in [0.3, 0.4) is 0 Å². The van der Waals surface area contributed by atoms with E-state index in [0.29, 0.717) is 44.0 Å². The summed E-state index contributed by atoms with van der Waals surface area (Å²) in [6, 6.07) is 5.21. The number of cyclic esters (lactones) is 1. The number of ether oxygens (including phenoxy) is 2. The molecule has 1 N–H and O–H groups in total. The molecule has 174 valence electrons. The SMILES string of the molecule is C=Nc1cc(CN2C(=O)COC2=O)sc1C(=NC)c1cc(Cl)cc(C)c1O[C@@H]1CNC[C@@H]1F. The first-order valence-corrected chi connectivity index (χ1v) is 11.4. The van der Waals surface area contributed by atoms with E-state index in [1.807, 2.05) is 6.92 Å². The number of thiophene rings is 1. The summed E-state index contributed by atoms with van der Waals surface area (Å²) in [5.74, 6) is 0.0826. The summed E-state index contributed by atoms with van der Waals surface area (Å²) in [5.41, 5.74) is 2.40. The fourth-order valence-electron chi connectivity index (χ4n) is 3.78. The number of rotatable bonds is 7. The first kappa shape index (κ1) is 23.3. The Hall–Kier alpha value is -2.82. The lowest BCUT2D eigenvalue weighted by Crippen LogP contribution is -2.28. The minimum Gasteiger partial charge on any atom is -0.485 e. The highest BCUT2D eigenvalue weighted by Crippen LogP contribution is 2.38. The maximum atomic E-state index is 14.3. The van der Waals surface area contributed by atoms with Crippen LogP contribution >= 0.6 is 22.9 Å². The van der Waals surface area contributed by atoms with Gasteiger partial charge < -0.3 is 14.8 Å². The molecular formula is C22H22ClFN4O4S. The fourth-order valence-corrected chi connectivity index (χ4v) is 5.21. The minimum absolute atomic E-state index is 0.0526. The number of hydrogen-bond acceptors (Lipinski definition) is 8. The lowest BCUT2D eigenvalue weighted by atomic mass is 10.0. The Morgan fingerprint density at radius 2 is 2.18 bits per heavy atom. The summed E-state index contributed by atoms with van der Waals surface area (Å²) in [6.45, 7) is 5.89. The van der Waals surface area contributed by atoms with Crippen LogP contribution in [0.5, 0.6) is 5.75 Å². The molecule has 1 aromatic carbocycles.